The average Bonchev–Trinajstić information content (AvgIpc) is 2.89. The maximum atomic E-state index is 13.3. The van der Waals surface area contributed by atoms with E-state index >= 15 is 0 Å². The summed E-state index contributed by atoms with van der Waals surface area (Å²) in [7, 11) is 3.31. The number of anilines is 1. The van der Waals surface area contributed by atoms with E-state index in [4.69, 9.17) is 16.3 Å². The fraction of sp³-hybridized carbons (Fsp3) is 0.692. The number of piperidine rings is 1. The Bertz CT molecular complexity index is 838. The molecule has 0 saturated carbocycles. The Morgan fingerprint density at radius 3 is 2.83 bits per heavy atom. The van der Waals surface area contributed by atoms with Crippen molar-refractivity contribution in [1.29, 1.82) is 0 Å². The number of rotatable bonds is 10. The number of urea groups is 1. The van der Waals surface area contributed by atoms with Crippen molar-refractivity contribution in [2.45, 2.75) is 57.2 Å². The SMILES string of the molecule is CN[C@@H](C(C)NC(=O)N1CCCC(N(CCCNC(=O)OC)c2cccc(Cl)c2)C1)[C@H]1CCCOC1. The van der Waals surface area contributed by atoms with Gasteiger partial charge in [-0.15, -0.1) is 0 Å². The van der Waals surface area contributed by atoms with Crippen molar-refractivity contribution in [2.75, 3.05) is 58.5 Å². The van der Waals surface area contributed by atoms with Crippen molar-refractivity contribution >= 4 is 29.4 Å². The number of alkyl carbamates (subject to hydrolysis) is 1. The van der Waals surface area contributed by atoms with Crippen LogP contribution in [0.2, 0.25) is 5.02 Å². The molecule has 1 aromatic rings. The average molecular weight is 524 g/mol. The van der Waals surface area contributed by atoms with Crippen LogP contribution >= 0.6 is 11.6 Å². The van der Waals surface area contributed by atoms with Gasteiger partial charge in [0.25, 0.3) is 0 Å². The van der Waals surface area contributed by atoms with Crippen molar-refractivity contribution in [3.8, 4) is 0 Å². The Kier molecular flexibility index (Phi) is 11.4. The zero-order chi connectivity index (χ0) is 25.9. The standard InChI is InChI=1S/C26H42ClN5O4/c1-19(24(28-2)20-8-6-15-36-18-20)30-25(33)31-13-5-11-23(17-31)32(14-7-12-29-26(34)35-3)22-10-4-9-21(27)16-22/h4,9-10,16,19-20,23-24,28H,5-8,11-15,17-18H2,1-3H3,(H,29,34)(H,30,33)/t19?,20-,23?,24-/m0/s1. The van der Waals surface area contributed by atoms with Gasteiger partial charge in [0.1, 0.15) is 0 Å². The zero-order valence-corrected chi connectivity index (χ0v) is 22.6. The van der Waals surface area contributed by atoms with Crippen LogP contribution in [0.3, 0.4) is 0 Å². The molecule has 2 aliphatic rings. The van der Waals surface area contributed by atoms with Crippen molar-refractivity contribution in [1.82, 2.24) is 20.9 Å². The van der Waals surface area contributed by atoms with Gasteiger partial charge < -0.3 is 35.2 Å². The van der Waals surface area contributed by atoms with Gasteiger partial charge in [0.2, 0.25) is 0 Å². The molecule has 3 amide bonds. The van der Waals surface area contributed by atoms with Crippen LogP contribution in [0.1, 0.15) is 39.0 Å². The van der Waals surface area contributed by atoms with Gasteiger partial charge in [-0.3, -0.25) is 0 Å². The number of hydrogen-bond donors (Lipinski definition) is 3. The lowest BCUT2D eigenvalue weighted by Crippen LogP contribution is -2.58. The van der Waals surface area contributed by atoms with Gasteiger partial charge in [-0.25, -0.2) is 9.59 Å². The molecule has 2 unspecified atom stereocenters. The second kappa shape index (κ2) is 14.5. The van der Waals surface area contributed by atoms with E-state index in [0.717, 1.165) is 64.1 Å². The lowest BCUT2D eigenvalue weighted by molar-refractivity contribution is 0.0352. The van der Waals surface area contributed by atoms with Crippen LogP contribution in [0.15, 0.2) is 24.3 Å². The zero-order valence-electron chi connectivity index (χ0n) is 21.8. The number of carbonyl (C=O) groups excluding carboxylic acids is 2. The Morgan fingerprint density at radius 1 is 1.31 bits per heavy atom. The predicted molar refractivity (Wildman–Crippen MR) is 143 cm³/mol. The van der Waals surface area contributed by atoms with Crippen LogP contribution in [0.25, 0.3) is 0 Å². The number of nitrogens with zero attached hydrogens (tertiary/aromatic N) is 2. The van der Waals surface area contributed by atoms with Crippen LogP contribution < -0.4 is 20.9 Å². The lowest BCUT2D eigenvalue weighted by Gasteiger charge is -2.41. The summed E-state index contributed by atoms with van der Waals surface area (Å²) in [6, 6.07) is 8.09. The van der Waals surface area contributed by atoms with E-state index in [1.54, 1.807) is 0 Å². The second-order valence-electron chi connectivity index (χ2n) is 9.72. The second-order valence-corrected chi connectivity index (χ2v) is 10.2. The highest BCUT2D eigenvalue weighted by Crippen LogP contribution is 2.26. The summed E-state index contributed by atoms with van der Waals surface area (Å²) in [6.45, 7) is 6.23. The van der Waals surface area contributed by atoms with E-state index in [2.05, 4.69) is 32.5 Å². The third kappa shape index (κ3) is 8.15. The lowest BCUT2D eigenvalue weighted by atomic mass is 9.89. The molecule has 4 atom stereocenters. The molecular weight excluding hydrogens is 482 g/mol. The van der Waals surface area contributed by atoms with Crippen molar-refractivity contribution < 1.29 is 19.1 Å². The number of nitrogens with one attached hydrogen (secondary N) is 3. The van der Waals surface area contributed by atoms with Gasteiger partial charge in [-0.1, -0.05) is 17.7 Å². The number of methoxy groups -OCH3 is 1. The number of amides is 3. The summed E-state index contributed by atoms with van der Waals surface area (Å²) in [6.07, 6.45) is 4.39. The molecular formula is C26H42ClN5O4. The van der Waals surface area contributed by atoms with Crippen molar-refractivity contribution in [3.05, 3.63) is 29.3 Å². The molecule has 0 bridgehead atoms. The summed E-state index contributed by atoms with van der Waals surface area (Å²) in [5.41, 5.74) is 1.02. The molecule has 2 fully saturated rings. The molecule has 3 rings (SSSR count). The van der Waals surface area contributed by atoms with Crippen LogP contribution in [-0.4, -0.2) is 88.7 Å². The molecule has 0 aliphatic carbocycles. The van der Waals surface area contributed by atoms with Crippen LogP contribution in [0.4, 0.5) is 15.3 Å². The minimum Gasteiger partial charge on any atom is -0.453 e. The molecule has 0 aromatic heterocycles. The Balaban J connectivity index is 1.62. The Morgan fingerprint density at radius 2 is 2.14 bits per heavy atom. The number of halogens is 1. The number of carbonyl (C=O) groups is 2. The first-order valence-electron chi connectivity index (χ1n) is 13.1. The minimum atomic E-state index is -0.432. The maximum absolute atomic E-state index is 13.3. The highest BCUT2D eigenvalue weighted by Gasteiger charge is 2.32. The molecule has 36 heavy (non-hydrogen) atoms. The molecule has 2 saturated heterocycles. The summed E-state index contributed by atoms with van der Waals surface area (Å²) >= 11 is 6.30. The summed E-state index contributed by atoms with van der Waals surface area (Å²) in [5.74, 6) is 0.394. The van der Waals surface area contributed by atoms with E-state index in [1.807, 2.05) is 36.2 Å². The molecule has 2 aliphatic heterocycles. The van der Waals surface area contributed by atoms with Gasteiger partial charge in [-0.05, 0) is 70.2 Å². The molecule has 0 spiro atoms. The van der Waals surface area contributed by atoms with Gasteiger partial charge >= 0.3 is 12.1 Å². The van der Waals surface area contributed by atoms with Crippen molar-refractivity contribution in [3.63, 3.8) is 0 Å². The van der Waals surface area contributed by atoms with Crippen molar-refractivity contribution in [2.24, 2.45) is 5.92 Å². The van der Waals surface area contributed by atoms with Gasteiger partial charge in [0, 0.05) is 61.6 Å². The van der Waals surface area contributed by atoms with Crippen LogP contribution in [0.5, 0.6) is 0 Å². The highest BCUT2D eigenvalue weighted by atomic mass is 35.5. The fourth-order valence-electron chi connectivity index (χ4n) is 5.40. The highest BCUT2D eigenvalue weighted by molar-refractivity contribution is 6.30. The number of likely N-dealkylation sites (tertiary alicyclic amines) is 1. The molecule has 10 heteroatoms. The largest absolute Gasteiger partial charge is 0.453 e. The first kappa shape index (κ1) is 28.3. The monoisotopic (exact) mass is 523 g/mol. The minimum absolute atomic E-state index is 0.0111. The first-order chi connectivity index (χ1) is 17.4. The summed E-state index contributed by atoms with van der Waals surface area (Å²) < 4.78 is 10.3. The smallest absolute Gasteiger partial charge is 0.406 e. The van der Waals surface area contributed by atoms with E-state index in [9.17, 15) is 9.59 Å². The molecule has 9 nitrogen and oxygen atoms in total. The molecule has 2 heterocycles. The van der Waals surface area contributed by atoms with Gasteiger partial charge in [0.05, 0.1) is 13.7 Å². The molecule has 3 N–H and O–H groups in total. The Hall–Kier alpha value is -2.23. The normalized spacial score (nSPS) is 21.8. The Labute approximate surface area is 220 Å². The topological polar surface area (TPSA) is 95.2 Å². The number of benzene rings is 1. The number of hydrogen-bond acceptors (Lipinski definition) is 6. The number of ether oxygens (including phenoxy) is 2. The third-order valence-electron chi connectivity index (χ3n) is 7.22. The van der Waals surface area contributed by atoms with E-state index in [0.29, 0.717) is 24.0 Å². The van der Waals surface area contributed by atoms with Gasteiger partial charge in [-0.2, -0.15) is 0 Å². The fourth-order valence-corrected chi connectivity index (χ4v) is 5.59. The van der Waals surface area contributed by atoms with E-state index < -0.39 is 6.09 Å². The van der Waals surface area contributed by atoms with Crippen LogP contribution in [0, 0.1) is 5.92 Å². The predicted octanol–water partition coefficient (Wildman–Crippen LogP) is 3.47. The first-order valence-corrected chi connectivity index (χ1v) is 13.4. The summed E-state index contributed by atoms with van der Waals surface area (Å²) in [5, 5.41) is 10.1. The summed E-state index contributed by atoms with van der Waals surface area (Å²) in [4.78, 5) is 29.0. The molecule has 202 valence electrons. The number of likely N-dealkylation sites (N-methyl/N-ethyl adjacent to an activating group) is 1. The third-order valence-corrected chi connectivity index (χ3v) is 7.46. The van der Waals surface area contributed by atoms with E-state index in [-0.39, 0.29) is 24.2 Å². The van der Waals surface area contributed by atoms with Crippen LogP contribution in [-0.2, 0) is 9.47 Å². The quantitative estimate of drug-likeness (QED) is 0.406. The maximum Gasteiger partial charge on any atom is 0.406 e. The van der Waals surface area contributed by atoms with E-state index in [1.165, 1.54) is 7.11 Å². The molecule has 1 aromatic carbocycles. The molecule has 0 radical (unpaired) electrons. The van der Waals surface area contributed by atoms with Gasteiger partial charge in [0.15, 0.2) is 0 Å².